The summed E-state index contributed by atoms with van der Waals surface area (Å²) in [5.41, 5.74) is -0.682. The lowest BCUT2D eigenvalue weighted by molar-refractivity contribution is 1.18. The summed E-state index contributed by atoms with van der Waals surface area (Å²) in [5.74, 6) is 0. The normalized spacial score (nSPS) is 17.3. The summed E-state index contributed by atoms with van der Waals surface area (Å²) in [7, 11) is 0. The molecule has 0 atom stereocenters. The first-order valence-electron chi connectivity index (χ1n) is 28.7. The molecule has 0 aliphatic rings. The van der Waals surface area contributed by atoms with Crippen LogP contribution in [-0.4, -0.2) is 9.13 Å². The second-order valence-electron chi connectivity index (χ2n) is 13.2. The van der Waals surface area contributed by atoms with Crippen molar-refractivity contribution in [2.24, 2.45) is 0 Å². The van der Waals surface area contributed by atoms with Gasteiger partial charge in [-0.1, -0.05) is 145 Å². The van der Waals surface area contributed by atoms with Crippen LogP contribution >= 0.6 is 11.3 Å². The zero-order valence-electron chi connectivity index (χ0n) is 51.2. The van der Waals surface area contributed by atoms with Crippen molar-refractivity contribution in [2.75, 3.05) is 0 Å². The van der Waals surface area contributed by atoms with Gasteiger partial charge in [0.2, 0.25) is 0 Å². The molecule has 0 N–H and O–H groups in total. The third kappa shape index (κ3) is 5.03. The van der Waals surface area contributed by atoms with Crippen LogP contribution in [0.5, 0.6) is 0 Å². The van der Waals surface area contributed by atoms with E-state index in [1.165, 1.54) is 21.3 Å². The zero-order chi connectivity index (χ0) is 56.6. The Morgan fingerprint density at radius 3 is 1.91 bits per heavy atom. The number of nitrogens with zero attached hydrogens (tertiary/aromatic N) is 2. The smallest absolute Gasteiger partial charge is 0.0645 e. The lowest BCUT2D eigenvalue weighted by Gasteiger charge is -2.11. The molecule has 0 bridgehead atoms. The Bertz CT molecular complexity index is 4810. The minimum absolute atomic E-state index is 0.0402. The zero-order valence-corrected chi connectivity index (χ0v) is 30.0. The predicted molar refractivity (Wildman–Crippen MR) is 244 cm³/mol. The minimum atomic E-state index is -0.779. The van der Waals surface area contributed by atoms with Crippen LogP contribution in [0.2, 0.25) is 0 Å². The molecule has 266 valence electrons. The van der Waals surface area contributed by atoms with E-state index in [2.05, 4.69) is 0 Å². The third-order valence-electron chi connectivity index (χ3n) is 9.99. The molecular formula is C54H34N2S. The highest BCUT2D eigenvalue weighted by atomic mass is 32.1. The van der Waals surface area contributed by atoms with Gasteiger partial charge in [-0.15, -0.1) is 11.3 Å². The summed E-state index contributed by atoms with van der Waals surface area (Å²) < 4.78 is 204. The van der Waals surface area contributed by atoms with Gasteiger partial charge in [-0.3, -0.25) is 0 Å². The topological polar surface area (TPSA) is 9.86 Å². The molecule has 3 heteroatoms. The van der Waals surface area contributed by atoms with Gasteiger partial charge < -0.3 is 9.13 Å². The maximum absolute atomic E-state index is 10.0. The monoisotopic (exact) mass is 764 g/mol. The molecule has 0 amide bonds. The Hall–Kier alpha value is -7.20. The first-order valence-corrected chi connectivity index (χ1v) is 18.5. The van der Waals surface area contributed by atoms with Gasteiger partial charge in [0.05, 0.1) is 62.6 Å². The van der Waals surface area contributed by atoms with Gasteiger partial charge in [0.25, 0.3) is 0 Å². The second-order valence-corrected chi connectivity index (χ2v) is 14.2. The molecule has 57 heavy (non-hydrogen) atoms. The number of aromatic nitrogens is 2. The molecule has 12 aromatic rings. The molecule has 0 fully saturated rings. The van der Waals surface area contributed by atoms with Gasteiger partial charge in [-0.25, -0.2) is 0 Å². The van der Waals surface area contributed by atoms with Crippen molar-refractivity contribution in [3.05, 3.63) is 206 Å². The van der Waals surface area contributed by atoms with E-state index in [1.54, 1.807) is 18.2 Å². The molecule has 0 spiro atoms. The number of thiophene rings is 1. The van der Waals surface area contributed by atoms with Gasteiger partial charge in [0.15, 0.2) is 0 Å². The van der Waals surface area contributed by atoms with E-state index in [-0.39, 0.29) is 80.6 Å². The lowest BCUT2D eigenvalue weighted by Crippen LogP contribution is -1.94. The van der Waals surface area contributed by atoms with Gasteiger partial charge in [-0.05, 0) is 93.9 Å². The first kappa shape index (κ1) is 17.3. The van der Waals surface area contributed by atoms with E-state index in [0.29, 0.717) is 11.3 Å². The van der Waals surface area contributed by atoms with Crippen LogP contribution in [0.1, 0.15) is 30.2 Å². The number of benzene rings is 9. The summed E-state index contributed by atoms with van der Waals surface area (Å²) in [4.78, 5) is 0. The third-order valence-corrected chi connectivity index (χ3v) is 11.1. The van der Waals surface area contributed by atoms with Gasteiger partial charge in [-0.2, -0.15) is 0 Å². The molecule has 3 aromatic heterocycles. The SMILES string of the molecule is [2H]c1cc([2H])c(-c2c([2H])c([2H])c3c(sc4c(-n5c6cc([2H])c([2H])c([2H])c6c6c([2H])c(-c7c([2H])c([2H])c8c(c7[2H])c7c([2H])c([2H])c([2H])c([2H])c7n8-c7cccc(-c8ccccc8)c7)c([2H])c([2H])c65)cc([2H])c([2H])c43)c2[2H])c([2H])c1[2H]. The maximum Gasteiger partial charge on any atom is 0.0645 e. The Morgan fingerprint density at radius 1 is 0.368 bits per heavy atom. The van der Waals surface area contributed by atoms with Crippen LogP contribution in [0.25, 0.3) is 109 Å². The summed E-state index contributed by atoms with van der Waals surface area (Å²) in [6.45, 7) is 0. The van der Waals surface area contributed by atoms with E-state index in [0.717, 1.165) is 23.0 Å². The standard InChI is InChI=1S/C54H34N2S/c1-3-13-35(14-4-1)37-17-11-18-41(31-37)55-48-22-9-7-19-42(48)46-32-38(26-29-50(46)55)39-27-30-51-47(33-39)43-20-8-10-23-49(43)56(51)52-24-12-21-45-44-28-25-40(34-53(44)57-54(45)52)36-15-5-2-6-16-36/h1-34H/i2D,5D,7D,8D,9D,10D,12D,15D,16D,19D,20D,21D,22D,25D,26D,27D,28D,29D,30D,32D,33D,34D. The number of para-hydroxylation sites is 2. The molecule has 0 radical (unpaired) electrons. The molecule has 0 saturated carbocycles. The fourth-order valence-corrected chi connectivity index (χ4v) is 8.58. The largest absolute Gasteiger partial charge is 0.309 e. The number of rotatable bonds is 5. The van der Waals surface area contributed by atoms with Crippen molar-refractivity contribution >= 4 is 75.1 Å². The van der Waals surface area contributed by atoms with E-state index >= 15 is 0 Å². The summed E-state index contributed by atoms with van der Waals surface area (Å²) in [6, 6.07) is 6.77. The summed E-state index contributed by atoms with van der Waals surface area (Å²) in [5, 5.41) is -1.15. The van der Waals surface area contributed by atoms with Crippen molar-refractivity contribution < 1.29 is 30.2 Å². The van der Waals surface area contributed by atoms with Gasteiger partial charge in [0.1, 0.15) is 0 Å². The van der Waals surface area contributed by atoms with E-state index in [4.69, 9.17) is 13.7 Å². The van der Waals surface area contributed by atoms with Crippen LogP contribution in [0.4, 0.5) is 0 Å². The molecule has 0 saturated heterocycles. The van der Waals surface area contributed by atoms with Crippen LogP contribution in [0.3, 0.4) is 0 Å². The molecule has 2 nitrogen and oxygen atoms in total. The highest BCUT2D eigenvalue weighted by Gasteiger charge is 2.19. The van der Waals surface area contributed by atoms with E-state index in [9.17, 15) is 16.4 Å². The van der Waals surface area contributed by atoms with E-state index < -0.39 is 144 Å². The minimum Gasteiger partial charge on any atom is -0.309 e. The Labute approximate surface area is 364 Å². The average molecular weight is 765 g/mol. The lowest BCUT2D eigenvalue weighted by atomic mass is 10.0. The summed E-state index contributed by atoms with van der Waals surface area (Å²) in [6.07, 6.45) is 0. The summed E-state index contributed by atoms with van der Waals surface area (Å²) >= 11 is 0.808. The highest BCUT2D eigenvalue weighted by molar-refractivity contribution is 7.26. The maximum atomic E-state index is 10.0. The quantitative estimate of drug-likeness (QED) is 0.165. The molecule has 12 rings (SSSR count). The van der Waals surface area contributed by atoms with Crippen LogP contribution < -0.4 is 0 Å². The van der Waals surface area contributed by atoms with Crippen molar-refractivity contribution in [3.63, 3.8) is 0 Å². The number of hydrogen-bond acceptors (Lipinski definition) is 1. The van der Waals surface area contributed by atoms with Crippen molar-refractivity contribution in [1.82, 2.24) is 9.13 Å². The highest BCUT2D eigenvalue weighted by Crippen LogP contribution is 2.43. The van der Waals surface area contributed by atoms with Gasteiger partial charge in [0, 0.05) is 42.7 Å². The van der Waals surface area contributed by atoms with Crippen molar-refractivity contribution in [1.29, 1.82) is 0 Å². The Morgan fingerprint density at radius 2 is 1.05 bits per heavy atom. The molecule has 0 aliphatic heterocycles. The fourth-order valence-electron chi connectivity index (χ4n) is 7.46. The number of fused-ring (bicyclic) bond motifs is 9. The molecule has 0 unspecified atom stereocenters. The molecular weight excluding hydrogens is 709 g/mol. The van der Waals surface area contributed by atoms with Gasteiger partial charge >= 0.3 is 0 Å². The Balaban J connectivity index is 1.20. The van der Waals surface area contributed by atoms with Crippen LogP contribution in [0, 0.1) is 0 Å². The predicted octanol–water partition coefficient (Wildman–Crippen LogP) is 15.2. The van der Waals surface area contributed by atoms with Crippen molar-refractivity contribution in [3.8, 4) is 44.8 Å². The van der Waals surface area contributed by atoms with Crippen molar-refractivity contribution in [2.45, 2.75) is 0 Å². The average Bonchev–Trinajstić information content (AvgIpc) is 3.32. The van der Waals surface area contributed by atoms with E-state index in [1.807, 2.05) is 36.4 Å². The molecule has 9 aromatic carbocycles. The second kappa shape index (κ2) is 12.7. The molecule has 0 aliphatic carbocycles. The van der Waals surface area contributed by atoms with Crippen LogP contribution in [-0.2, 0) is 0 Å². The fraction of sp³-hybridized carbons (Fsp3) is 0. The molecule has 3 heterocycles. The van der Waals surface area contributed by atoms with Crippen LogP contribution in [0.15, 0.2) is 206 Å². The first-order chi connectivity index (χ1) is 37.4. The Kier molecular flexibility index (Phi) is 3.85. The number of hydrogen-bond donors (Lipinski definition) is 0.